The lowest BCUT2D eigenvalue weighted by Gasteiger charge is -2.11. The number of aromatic nitrogens is 2. The van der Waals surface area contributed by atoms with Gasteiger partial charge in [-0.25, -0.2) is 23.1 Å². The second kappa shape index (κ2) is 9.57. The maximum Gasteiger partial charge on any atom is 0.284 e. The Morgan fingerprint density at radius 1 is 1.26 bits per heavy atom. The number of rotatable bonds is 9. The van der Waals surface area contributed by atoms with Gasteiger partial charge in [0.1, 0.15) is 16.2 Å². The van der Waals surface area contributed by atoms with E-state index in [9.17, 15) is 18.5 Å². The first-order valence-electron chi connectivity index (χ1n) is 9.41. The molecule has 3 aromatic rings. The molecule has 0 saturated heterocycles. The number of fused-ring (bicyclic) bond motifs is 1. The molecule has 9 nitrogen and oxygen atoms in total. The largest absolute Gasteiger partial charge is 0.309 e. The molecule has 0 atom stereocenters. The molecular weight excluding hydrogens is 458 g/mol. The number of hydrogen-bond donors (Lipinski definition) is 1. The van der Waals surface area contributed by atoms with Crippen molar-refractivity contribution in [2.75, 3.05) is 27.2 Å². The van der Waals surface area contributed by atoms with Crippen LogP contribution < -0.4 is 4.72 Å². The Labute approximate surface area is 189 Å². The summed E-state index contributed by atoms with van der Waals surface area (Å²) < 4.78 is 27.6. The zero-order valence-corrected chi connectivity index (χ0v) is 20.0. The van der Waals surface area contributed by atoms with Crippen LogP contribution >= 0.6 is 23.1 Å². The molecular formula is C19H23N5O4S3. The summed E-state index contributed by atoms with van der Waals surface area (Å²) in [5.41, 5.74) is 0.754. The lowest BCUT2D eigenvalue weighted by molar-refractivity contribution is -0.388. The fourth-order valence-electron chi connectivity index (χ4n) is 2.91. The van der Waals surface area contributed by atoms with E-state index in [1.54, 1.807) is 11.3 Å². The number of thiophene rings is 1. The van der Waals surface area contributed by atoms with Crippen molar-refractivity contribution in [2.45, 2.75) is 35.1 Å². The fourth-order valence-corrected chi connectivity index (χ4v) is 6.10. The van der Waals surface area contributed by atoms with Gasteiger partial charge >= 0.3 is 0 Å². The van der Waals surface area contributed by atoms with Crippen LogP contribution in [0.5, 0.6) is 0 Å². The van der Waals surface area contributed by atoms with Crippen LogP contribution in [-0.4, -0.2) is 55.4 Å². The quantitative estimate of drug-likeness (QED) is 0.213. The monoisotopic (exact) mass is 481 g/mol. The molecule has 12 heteroatoms. The molecule has 0 unspecified atom stereocenters. The number of sulfonamides is 1. The summed E-state index contributed by atoms with van der Waals surface area (Å²) >= 11 is 2.68. The number of nitro benzene ring substituents is 1. The molecule has 0 amide bonds. The Balaban J connectivity index is 1.91. The summed E-state index contributed by atoms with van der Waals surface area (Å²) in [7, 11) is -0.0454. The van der Waals surface area contributed by atoms with E-state index in [4.69, 9.17) is 0 Å². The second-order valence-electron chi connectivity index (χ2n) is 7.19. The molecule has 0 radical (unpaired) electrons. The summed E-state index contributed by atoms with van der Waals surface area (Å²) in [6.07, 6.45) is 2.06. The van der Waals surface area contributed by atoms with Gasteiger partial charge < -0.3 is 4.90 Å². The summed E-state index contributed by atoms with van der Waals surface area (Å²) in [5, 5.41) is 13.2. The first-order chi connectivity index (χ1) is 14.6. The number of nitrogens with zero attached hydrogens (tertiary/aromatic N) is 4. The number of hydrogen-bond acceptors (Lipinski definition) is 9. The SMILES string of the molecule is Cc1sc2ncnc(Sc3ccc(S(=O)(=O)NCCCN(C)C)cc3[N+](=O)[O-])c2c1C. The van der Waals surface area contributed by atoms with Crippen molar-refractivity contribution in [3.63, 3.8) is 0 Å². The van der Waals surface area contributed by atoms with Gasteiger partial charge in [0.2, 0.25) is 10.0 Å². The lowest BCUT2D eigenvalue weighted by Crippen LogP contribution is -2.27. The molecule has 1 aromatic carbocycles. The number of aryl methyl sites for hydroxylation is 2. The standard InChI is InChI=1S/C19H23N5O4S3/c1-12-13(2)29-18-17(12)19(21-11-20-18)30-16-7-6-14(10-15(16)24(25)26)31(27,28)22-8-5-9-23(3)4/h6-7,10-11,22H,5,8-9H2,1-4H3. The van der Waals surface area contributed by atoms with Crippen molar-refractivity contribution in [1.82, 2.24) is 19.6 Å². The highest BCUT2D eigenvalue weighted by Crippen LogP contribution is 2.40. The van der Waals surface area contributed by atoms with Crippen molar-refractivity contribution in [3.05, 3.63) is 45.1 Å². The number of nitro groups is 1. The van der Waals surface area contributed by atoms with Gasteiger partial charge in [0.15, 0.2) is 0 Å². The van der Waals surface area contributed by atoms with E-state index >= 15 is 0 Å². The Hall–Kier alpha value is -2.12. The molecule has 0 aliphatic carbocycles. The molecule has 166 valence electrons. The van der Waals surface area contributed by atoms with Gasteiger partial charge in [0, 0.05) is 22.9 Å². The van der Waals surface area contributed by atoms with Crippen LogP contribution in [0.4, 0.5) is 5.69 Å². The average Bonchev–Trinajstić information content (AvgIpc) is 3.00. The van der Waals surface area contributed by atoms with Crippen molar-refractivity contribution in [2.24, 2.45) is 0 Å². The Kier molecular flexibility index (Phi) is 7.27. The molecule has 0 saturated carbocycles. The number of benzene rings is 1. The van der Waals surface area contributed by atoms with Crippen LogP contribution in [0.1, 0.15) is 16.9 Å². The highest BCUT2D eigenvalue weighted by molar-refractivity contribution is 7.99. The Morgan fingerprint density at radius 2 is 2.00 bits per heavy atom. The molecule has 1 N–H and O–H groups in total. The summed E-state index contributed by atoms with van der Waals surface area (Å²) in [5.74, 6) is 0. The maximum atomic E-state index is 12.6. The molecule has 0 spiro atoms. The van der Waals surface area contributed by atoms with E-state index in [2.05, 4.69) is 14.7 Å². The molecule has 3 rings (SSSR count). The third kappa shape index (κ3) is 5.39. The fraction of sp³-hybridized carbons (Fsp3) is 0.368. The van der Waals surface area contributed by atoms with Gasteiger partial charge in [-0.2, -0.15) is 0 Å². The van der Waals surface area contributed by atoms with E-state index in [1.807, 2.05) is 32.8 Å². The van der Waals surface area contributed by atoms with Crippen molar-refractivity contribution >= 4 is 49.0 Å². The zero-order valence-electron chi connectivity index (χ0n) is 17.6. The van der Waals surface area contributed by atoms with E-state index in [0.29, 0.717) is 16.3 Å². The van der Waals surface area contributed by atoms with Crippen LogP contribution in [-0.2, 0) is 10.0 Å². The third-order valence-electron chi connectivity index (χ3n) is 4.65. The predicted molar refractivity (Wildman–Crippen MR) is 122 cm³/mol. The van der Waals surface area contributed by atoms with Gasteiger partial charge in [0.25, 0.3) is 5.69 Å². The van der Waals surface area contributed by atoms with Crippen LogP contribution in [0.2, 0.25) is 0 Å². The second-order valence-corrected chi connectivity index (χ2v) is 11.2. The molecule has 0 aliphatic rings. The molecule has 0 aliphatic heterocycles. The maximum absolute atomic E-state index is 12.6. The van der Waals surface area contributed by atoms with E-state index in [0.717, 1.165) is 45.0 Å². The predicted octanol–water partition coefficient (Wildman–Crippen LogP) is 3.60. The average molecular weight is 482 g/mol. The minimum absolute atomic E-state index is 0.135. The Morgan fingerprint density at radius 3 is 2.68 bits per heavy atom. The molecule has 0 fully saturated rings. The lowest BCUT2D eigenvalue weighted by atomic mass is 10.2. The topological polar surface area (TPSA) is 118 Å². The highest BCUT2D eigenvalue weighted by atomic mass is 32.2. The van der Waals surface area contributed by atoms with E-state index in [1.165, 1.54) is 18.5 Å². The summed E-state index contributed by atoms with van der Waals surface area (Å²) in [6, 6.07) is 3.94. The minimum Gasteiger partial charge on any atom is -0.309 e. The summed E-state index contributed by atoms with van der Waals surface area (Å²) in [4.78, 5) is 23.8. The van der Waals surface area contributed by atoms with Gasteiger partial charge in [-0.05, 0) is 58.6 Å². The zero-order chi connectivity index (χ0) is 22.8. The highest BCUT2D eigenvalue weighted by Gasteiger charge is 2.23. The van der Waals surface area contributed by atoms with Crippen molar-refractivity contribution in [3.8, 4) is 0 Å². The van der Waals surface area contributed by atoms with Gasteiger partial charge in [-0.3, -0.25) is 10.1 Å². The Bertz CT molecular complexity index is 1220. The van der Waals surface area contributed by atoms with Crippen molar-refractivity contribution in [1.29, 1.82) is 0 Å². The van der Waals surface area contributed by atoms with Gasteiger partial charge in [0.05, 0.1) is 14.7 Å². The van der Waals surface area contributed by atoms with Crippen molar-refractivity contribution < 1.29 is 13.3 Å². The first-order valence-corrected chi connectivity index (χ1v) is 12.5. The van der Waals surface area contributed by atoms with Crippen LogP contribution in [0, 0.1) is 24.0 Å². The first kappa shape index (κ1) is 23.5. The van der Waals surface area contributed by atoms with Gasteiger partial charge in [-0.15, -0.1) is 11.3 Å². The molecule has 31 heavy (non-hydrogen) atoms. The van der Waals surface area contributed by atoms with Gasteiger partial charge in [-0.1, -0.05) is 11.8 Å². The molecule has 2 heterocycles. The van der Waals surface area contributed by atoms with E-state index < -0.39 is 14.9 Å². The molecule has 2 aromatic heterocycles. The molecule has 0 bridgehead atoms. The smallest absolute Gasteiger partial charge is 0.284 e. The summed E-state index contributed by atoms with van der Waals surface area (Å²) in [6.45, 7) is 4.94. The van der Waals surface area contributed by atoms with Crippen LogP contribution in [0.3, 0.4) is 0 Å². The number of nitrogens with one attached hydrogen (secondary N) is 1. The minimum atomic E-state index is -3.85. The van der Waals surface area contributed by atoms with Crippen LogP contribution in [0.15, 0.2) is 39.3 Å². The van der Waals surface area contributed by atoms with E-state index in [-0.39, 0.29) is 17.1 Å². The van der Waals surface area contributed by atoms with Crippen LogP contribution in [0.25, 0.3) is 10.2 Å². The normalized spacial score (nSPS) is 12.0. The third-order valence-corrected chi connectivity index (χ3v) is 8.29.